The second-order valence-electron chi connectivity index (χ2n) is 9.98. The Bertz CT molecular complexity index is 1510. The largest absolute Gasteiger partial charge is 0.495 e. The van der Waals surface area contributed by atoms with Crippen molar-refractivity contribution in [3.05, 3.63) is 77.6 Å². The number of carboxylic acid groups (broad SMARTS) is 2. The summed E-state index contributed by atoms with van der Waals surface area (Å²) >= 11 is 0. The zero-order valence-electron chi connectivity index (χ0n) is 24.6. The molecule has 0 spiro atoms. The normalized spacial score (nSPS) is 11.2. The second kappa shape index (κ2) is 15.7. The van der Waals surface area contributed by atoms with Crippen LogP contribution in [0, 0.1) is 6.92 Å². The van der Waals surface area contributed by atoms with Gasteiger partial charge in [-0.1, -0.05) is 24.3 Å². The molecule has 3 rings (SSSR count). The highest BCUT2D eigenvalue weighted by Gasteiger charge is 2.26. The van der Waals surface area contributed by atoms with E-state index in [1.807, 2.05) is 25.1 Å². The molecule has 0 aliphatic heterocycles. The van der Waals surface area contributed by atoms with Crippen LogP contribution in [0.25, 0.3) is 0 Å². The van der Waals surface area contributed by atoms with E-state index in [1.165, 1.54) is 25.3 Å². The van der Waals surface area contributed by atoms with Gasteiger partial charge in [0.25, 0.3) is 0 Å². The van der Waals surface area contributed by atoms with Crippen molar-refractivity contribution < 1.29 is 38.9 Å². The van der Waals surface area contributed by atoms with Gasteiger partial charge < -0.3 is 35.8 Å². The number of anilines is 3. The predicted molar refractivity (Wildman–Crippen MR) is 163 cm³/mol. The van der Waals surface area contributed by atoms with Crippen LogP contribution in [0.1, 0.15) is 42.1 Å². The van der Waals surface area contributed by atoms with Crippen molar-refractivity contribution in [2.24, 2.45) is 0 Å². The van der Waals surface area contributed by atoms with Gasteiger partial charge in [-0.05, 0) is 48.4 Å². The fourth-order valence-electron chi connectivity index (χ4n) is 4.31. The highest BCUT2D eigenvalue weighted by Crippen LogP contribution is 2.27. The molecule has 0 saturated carbocycles. The first-order valence-corrected chi connectivity index (χ1v) is 13.7. The number of hydrogen-bond donors (Lipinski definition) is 5. The predicted octanol–water partition coefficient (Wildman–Crippen LogP) is 4.11. The van der Waals surface area contributed by atoms with Crippen molar-refractivity contribution >= 4 is 46.7 Å². The van der Waals surface area contributed by atoms with E-state index >= 15 is 0 Å². The highest BCUT2D eigenvalue weighted by molar-refractivity contribution is 6.01. The average Bonchev–Trinajstić information content (AvgIpc) is 2.99. The summed E-state index contributed by atoms with van der Waals surface area (Å²) in [5.74, 6) is -2.53. The maximum atomic E-state index is 12.7. The van der Waals surface area contributed by atoms with Gasteiger partial charge in [0, 0.05) is 25.6 Å². The maximum absolute atomic E-state index is 12.7. The molecular weight excluding hydrogens is 570 g/mol. The molecule has 0 aliphatic rings. The number of amides is 3. The minimum absolute atomic E-state index is 0.0195. The van der Waals surface area contributed by atoms with E-state index in [-0.39, 0.29) is 31.6 Å². The van der Waals surface area contributed by atoms with E-state index in [0.717, 1.165) is 5.56 Å². The number of nitrogens with one attached hydrogen (secondary N) is 3. The lowest BCUT2D eigenvalue weighted by atomic mass is 10.1. The summed E-state index contributed by atoms with van der Waals surface area (Å²) < 4.78 is 5.42. The zero-order chi connectivity index (χ0) is 32.2. The molecule has 0 saturated heterocycles. The molecule has 1 atom stereocenters. The van der Waals surface area contributed by atoms with E-state index in [4.69, 9.17) is 9.84 Å². The first-order chi connectivity index (χ1) is 21.0. The number of nitrogens with zero attached hydrogens (tertiary/aromatic N) is 2. The number of urea groups is 1. The number of aromatic nitrogens is 1. The number of carbonyl (C=O) groups is 5. The van der Waals surface area contributed by atoms with Gasteiger partial charge in [-0.2, -0.15) is 0 Å². The number of methoxy groups -OCH3 is 1. The summed E-state index contributed by atoms with van der Waals surface area (Å²) in [6, 6.07) is 14.3. The summed E-state index contributed by atoms with van der Waals surface area (Å²) in [6.07, 6.45) is 0.473. The number of Topliss-reactive ketones (excluding diaryl/α,β-unsaturated/α-hetero) is 1. The molecule has 5 N–H and O–H groups in total. The van der Waals surface area contributed by atoms with Crippen LogP contribution in [0.15, 0.2) is 60.8 Å². The molecule has 1 heterocycles. The fraction of sp³-hybridized carbons (Fsp3) is 0.290. The number of pyridine rings is 1. The Hall–Kier alpha value is -5.46. The lowest BCUT2D eigenvalue weighted by Gasteiger charge is -2.26. The molecule has 13 nitrogen and oxygen atoms in total. The molecule has 232 valence electrons. The number of ketones is 1. The topological polar surface area (TPSA) is 187 Å². The van der Waals surface area contributed by atoms with Gasteiger partial charge in [0.15, 0.2) is 5.78 Å². The number of carboxylic acids is 2. The van der Waals surface area contributed by atoms with Crippen LogP contribution in [-0.2, 0) is 25.6 Å². The third kappa shape index (κ3) is 9.82. The number of carbonyl (C=O) groups excluding carboxylic acids is 3. The zero-order valence-corrected chi connectivity index (χ0v) is 24.6. The van der Waals surface area contributed by atoms with Gasteiger partial charge in [-0.25, -0.2) is 4.79 Å². The van der Waals surface area contributed by atoms with Crippen molar-refractivity contribution in [2.45, 2.75) is 38.6 Å². The molecule has 0 aliphatic carbocycles. The minimum Gasteiger partial charge on any atom is -0.495 e. The Morgan fingerprint density at radius 1 is 0.932 bits per heavy atom. The number of aliphatic carboxylic acids is 2. The SMILES string of the molecule is COc1cc(CC(=O)CNc2ccc(C(CC(=O)O)N(C)C(=O)CCC(=O)O)nc2)ccc1NC(=O)Nc1ccccc1C. The van der Waals surface area contributed by atoms with Gasteiger partial charge in [-0.15, -0.1) is 0 Å². The Balaban J connectivity index is 1.57. The minimum atomic E-state index is -1.14. The lowest BCUT2D eigenvalue weighted by molar-refractivity contribution is -0.143. The third-order valence-corrected chi connectivity index (χ3v) is 6.71. The van der Waals surface area contributed by atoms with Gasteiger partial charge >= 0.3 is 18.0 Å². The van der Waals surface area contributed by atoms with Crippen LogP contribution in [0.4, 0.5) is 21.9 Å². The number of para-hydroxylation sites is 1. The second-order valence-corrected chi connectivity index (χ2v) is 9.98. The molecule has 1 aromatic heterocycles. The van der Waals surface area contributed by atoms with Gasteiger partial charge in [0.1, 0.15) is 5.75 Å². The van der Waals surface area contributed by atoms with Crippen LogP contribution >= 0.6 is 0 Å². The van der Waals surface area contributed by atoms with Crippen LogP contribution in [0.2, 0.25) is 0 Å². The molecule has 44 heavy (non-hydrogen) atoms. The quantitative estimate of drug-likeness (QED) is 0.169. The lowest BCUT2D eigenvalue weighted by Crippen LogP contribution is -2.33. The Morgan fingerprint density at radius 2 is 1.66 bits per heavy atom. The van der Waals surface area contributed by atoms with E-state index in [1.54, 1.807) is 36.4 Å². The summed E-state index contributed by atoms with van der Waals surface area (Å²) in [5, 5.41) is 26.7. The molecule has 3 amide bonds. The molecule has 0 fully saturated rings. The average molecular weight is 606 g/mol. The first-order valence-electron chi connectivity index (χ1n) is 13.7. The smallest absolute Gasteiger partial charge is 0.323 e. The van der Waals surface area contributed by atoms with Crippen molar-refractivity contribution in [2.75, 3.05) is 36.7 Å². The van der Waals surface area contributed by atoms with Crippen molar-refractivity contribution in [1.29, 1.82) is 0 Å². The van der Waals surface area contributed by atoms with E-state index in [2.05, 4.69) is 20.9 Å². The Morgan fingerprint density at radius 3 is 2.30 bits per heavy atom. The molecule has 3 aromatic rings. The third-order valence-electron chi connectivity index (χ3n) is 6.71. The molecule has 13 heteroatoms. The summed E-state index contributed by atoms with van der Waals surface area (Å²) in [5.41, 5.74) is 3.53. The summed E-state index contributed by atoms with van der Waals surface area (Å²) in [4.78, 5) is 65.3. The highest BCUT2D eigenvalue weighted by atomic mass is 16.5. The van der Waals surface area contributed by atoms with Crippen LogP contribution in [-0.4, -0.2) is 70.5 Å². The van der Waals surface area contributed by atoms with Crippen molar-refractivity contribution in [3.63, 3.8) is 0 Å². The van der Waals surface area contributed by atoms with Gasteiger partial charge in [0.05, 0.1) is 55.8 Å². The Kier molecular flexibility index (Phi) is 11.8. The first kappa shape index (κ1) is 33.0. The maximum Gasteiger partial charge on any atom is 0.323 e. The number of hydrogen-bond acceptors (Lipinski definition) is 8. The number of benzene rings is 2. The molecule has 1 unspecified atom stereocenters. The molecule has 0 radical (unpaired) electrons. The van der Waals surface area contributed by atoms with Crippen molar-refractivity contribution in [3.8, 4) is 5.75 Å². The summed E-state index contributed by atoms with van der Waals surface area (Å²) in [6.45, 7) is 1.87. The number of aryl methyl sites for hydroxylation is 1. The summed E-state index contributed by atoms with van der Waals surface area (Å²) in [7, 11) is 2.87. The molecular formula is C31H35N5O8. The standard InChI is InChI=1S/C31H35N5O8/c1-19-6-4-5-7-23(19)34-31(43)35-25-10-8-20(15-27(25)44-3)14-22(37)18-32-21-9-11-24(33-17-21)26(16-30(41)42)36(2)28(38)12-13-29(39)40/h4-11,15,17,26,32H,12-14,16,18H2,1-3H3,(H,39,40)(H,41,42)(H2,34,35,43). The van der Waals surface area contributed by atoms with Crippen LogP contribution < -0.4 is 20.7 Å². The van der Waals surface area contributed by atoms with Gasteiger partial charge in [-0.3, -0.25) is 24.2 Å². The monoisotopic (exact) mass is 605 g/mol. The molecule has 2 aromatic carbocycles. The van der Waals surface area contributed by atoms with E-state index < -0.39 is 36.3 Å². The van der Waals surface area contributed by atoms with Gasteiger partial charge in [0.2, 0.25) is 5.91 Å². The number of ether oxygens (including phenoxy) is 1. The van der Waals surface area contributed by atoms with E-state index in [0.29, 0.717) is 34.1 Å². The van der Waals surface area contributed by atoms with Crippen LogP contribution in [0.3, 0.4) is 0 Å². The fourth-order valence-corrected chi connectivity index (χ4v) is 4.31. The van der Waals surface area contributed by atoms with Crippen LogP contribution in [0.5, 0.6) is 5.75 Å². The van der Waals surface area contributed by atoms with Crippen molar-refractivity contribution in [1.82, 2.24) is 9.88 Å². The van der Waals surface area contributed by atoms with E-state index in [9.17, 15) is 29.1 Å². The number of rotatable bonds is 15. The molecule has 0 bridgehead atoms. The Labute approximate surface area is 254 Å².